The Hall–Kier alpha value is -3.02. The average molecular weight is 460 g/mol. The number of likely N-dealkylation sites (N-methyl/N-ethyl adjacent to an activating group) is 1. The topological polar surface area (TPSA) is 107 Å². The lowest BCUT2D eigenvalue weighted by Crippen LogP contribution is -2.40. The van der Waals surface area contributed by atoms with E-state index in [0.29, 0.717) is 43.9 Å². The Balaban J connectivity index is 1.47. The average Bonchev–Trinajstić information content (AvgIpc) is 3.21. The molecule has 11 heteroatoms. The van der Waals surface area contributed by atoms with Crippen molar-refractivity contribution in [3.05, 3.63) is 53.6 Å². The zero-order chi connectivity index (χ0) is 22.7. The molecule has 0 aliphatic carbocycles. The summed E-state index contributed by atoms with van der Waals surface area (Å²) in [6, 6.07) is 12.4. The van der Waals surface area contributed by atoms with Crippen LogP contribution in [-0.2, 0) is 26.1 Å². The van der Waals surface area contributed by atoms with E-state index in [0.717, 1.165) is 16.0 Å². The number of benzene rings is 2. The molecule has 3 aromatic rings. The third-order valence-corrected chi connectivity index (χ3v) is 7.29. The molecule has 1 aliphatic rings. The number of amides is 1. The Morgan fingerprint density at radius 1 is 1.19 bits per heavy atom. The standard InChI is InChI=1S/C21H25N5O5S/c1-16-5-3-4-6-17(16)14-24(2)21(27)15-31-26-20-13-18(7-8-19(20)22-23-26)32(28,29)25-9-11-30-12-10-25/h3-8,13H,9-12,14-15H2,1-2H3. The van der Waals surface area contributed by atoms with Crippen molar-refractivity contribution in [1.29, 1.82) is 0 Å². The molecule has 1 amide bonds. The number of morpholine rings is 1. The summed E-state index contributed by atoms with van der Waals surface area (Å²) in [5.41, 5.74) is 2.98. The molecule has 0 spiro atoms. The lowest BCUT2D eigenvalue weighted by atomic mass is 10.1. The highest BCUT2D eigenvalue weighted by molar-refractivity contribution is 7.89. The maximum atomic E-state index is 12.9. The smallest absolute Gasteiger partial charge is 0.263 e. The van der Waals surface area contributed by atoms with E-state index in [2.05, 4.69) is 10.3 Å². The minimum atomic E-state index is -3.68. The van der Waals surface area contributed by atoms with Crippen LogP contribution in [-0.4, -0.2) is 78.6 Å². The van der Waals surface area contributed by atoms with Crippen LogP contribution < -0.4 is 4.84 Å². The molecule has 170 valence electrons. The molecule has 4 rings (SSSR count). The fourth-order valence-electron chi connectivity index (χ4n) is 3.43. The van der Waals surface area contributed by atoms with E-state index >= 15 is 0 Å². The van der Waals surface area contributed by atoms with Gasteiger partial charge in [0.05, 0.1) is 18.1 Å². The Kier molecular flexibility index (Phi) is 6.40. The number of ether oxygens (including phenoxy) is 1. The summed E-state index contributed by atoms with van der Waals surface area (Å²) in [6.45, 7) is 3.51. The van der Waals surface area contributed by atoms with Gasteiger partial charge in [0, 0.05) is 26.7 Å². The summed E-state index contributed by atoms with van der Waals surface area (Å²) < 4.78 is 32.5. The van der Waals surface area contributed by atoms with Crippen LogP contribution in [0.2, 0.25) is 0 Å². The molecule has 32 heavy (non-hydrogen) atoms. The van der Waals surface area contributed by atoms with Gasteiger partial charge in [-0.05, 0) is 41.5 Å². The number of rotatable bonds is 7. The molecule has 10 nitrogen and oxygen atoms in total. The van der Waals surface area contributed by atoms with E-state index in [1.807, 2.05) is 31.2 Å². The van der Waals surface area contributed by atoms with Gasteiger partial charge in [-0.1, -0.05) is 29.1 Å². The van der Waals surface area contributed by atoms with Gasteiger partial charge in [0.1, 0.15) is 11.0 Å². The molecule has 0 unspecified atom stereocenters. The molecule has 0 N–H and O–H groups in total. The monoisotopic (exact) mass is 459 g/mol. The quantitative estimate of drug-likeness (QED) is 0.516. The van der Waals surface area contributed by atoms with Crippen LogP contribution in [0.1, 0.15) is 11.1 Å². The molecule has 2 heterocycles. The van der Waals surface area contributed by atoms with Crippen molar-refractivity contribution >= 4 is 27.0 Å². The number of carbonyl (C=O) groups excluding carboxylic acids is 1. The number of sulfonamides is 1. The Bertz CT molecular complexity index is 1220. The van der Waals surface area contributed by atoms with E-state index < -0.39 is 10.0 Å². The zero-order valence-electron chi connectivity index (χ0n) is 18.0. The highest BCUT2D eigenvalue weighted by Gasteiger charge is 2.27. The van der Waals surface area contributed by atoms with Crippen molar-refractivity contribution in [2.24, 2.45) is 0 Å². The third kappa shape index (κ3) is 4.59. The Morgan fingerprint density at radius 3 is 2.69 bits per heavy atom. The number of hydrogen-bond donors (Lipinski definition) is 0. The van der Waals surface area contributed by atoms with Crippen molar-refractivity contribution in [3.63, 3.8) is 0 Å². The van der Waals surface area contributed by atoms with Gasteiger partial charge in [0.25, 0.3) is 5.91 Å². The van der Waals surface area contributed by atoms with Gasteiger partial charge in [0.2, 0.25) is 10.0 Å². The van der Waals surface area contributed by atoms with Gasteiger partial charge in [-0.15, -0.1) is 5.10 Å². The maximum Gasteiger partial charge on any atom is 0.263 e. The third-order valence-electron chi connectivity index (χ3n) is 5.40. The Morgan fingerprint density at radius 2 is 1.94 bits per heavy atom. The van der Waals surface area contributed by atoms with Gasteiger partial charge in [-0.2, -0.15) is 4.31 Å². The molecular formula is C21H25N5O5S. The van der Waals surface area contributed by atoms with Gasteiger partial charge in [0.15, 0.2) is 6.61 Å². The molecule has 1 aliphatic heterocycles. The zero-order valence-corrected chi connectivity index (χ0v) is 18.8. The number of carbonyl (C=O) groups is 1. The summed E-state index contributed by atoms with van der Waals surface area (Å²) in [6.07, 6.45) is 0. The first-order chi connectivity index (χ1) is 15.4. The molecule has 1 saturated heterocycles. The van der Waals surface area contributed by atoms with E-state index in [1.165, 1.54) is 16.4 Å². The minimum Gasteiger partial charge on any atom is -0.385 e. The van der Waals surface area contributed by atoms with Crippen LogP contribution in [0.4, 0.5) is 0 Å². The second-order valence-corrected chi connectivity index (χ2v) is 9.52. The fourth-order valence-corrected chi connectivity index (χ4v) is 4.86. The van der Waals surface area contributed by atoms with E-state index in [-0.39, 0.29) is 17.4 Å². The Labute approximate surface area is 186 Å². The summed E-state index contributed by atoms with van der Waals surface area (Å²) in [5.74, 6) is -0.242. The molecular weight excluding hydrogens is 434 g/mol. The second kappa shape index (κ2) is 9.23. The number of fused-ring (bicyclic) bond motifs is 1. The van der Waals surface area contributed by atoms with Gasteiger partial charge >= 0.3 is 0 Å². The van der Waals surface area contributed by atoms with Crippen molar-refractivity contribution < 1.29 is 22.8 Å². The molecule has 1 aromatic heterocycles. The molecule has 0 bridgehead atoms. The molecule has 0 saturated carbocycles. The van der Waals surface area contributed by atoms with Crippen LogP contribution >= 0.6 is 0 Å². The lowest BCUT2D eigenvalue weighted by molar-refractivity contribution is -0.136. The number of hydrogen-bond acceptors (Lipinski definition) is 7. The molecule has 0 radical (unpaired) electrons. The fraction of sp³-hybridized carbons (Fsp3) is 0.381. The normalized spacial score (nSPS) is 15.1. The highest BCUT2D eigenvalue weighted by atomic mass is 32.2. The van der Waals surface area contributed by atoms with Crippen LogP contribution in [0.15, 0.2) is 47.4 Å². The van der Waals surface area contributed by atoms with E-state index in [9.17, 15) is 13.2 Å². The van der Waals surface area contributed by atoms with Gasteiger partial charge < -0.3 is 14.5 Å². The predicted octanol–water partition coefficient (Wildman–Crippen LogP) is 0.848. The first-order valence-electron chi connectivity index (χ1n) is 10.2. The molecule has 1 fully saturated rings. The van der Waals surface area contributed by atoms with E-state index in [4.69, 9.17) is 9.57 Å². The van der Waals surface area contributed by atoms with Crippen molar-refractivity contribution in [3.8, 4) is 0 Å². The van der Waals surface area contributed by atoms with E-state index in [1.54, 1.807) is 18.0 Å². The van der Waals surface area contributed by atoms with Gasteiger partial charge in [-0.25, -0.2) is 8.42 Å². The maximum absolute atomic E-state index is 12.9. The number of aromatic nitrogens is 3. The highest BCUT2D eigenvalue weighted by Crippen LogP contribution is 2.21. The van der Waals surface area contributed by atoms with Crippen molar-refractivity contribution in [2.45, 2.75) is 18.4 Å². The molecule has 0 atom stereocenters. The summed E-state index contributed by atoms with van der Waals surface area (Å²) in [5, 5.41) is 7.90. The largest absolute Gasteiger partial charge is 0.385 e. The van der Waals surface area contributed by atoms with Crippen LogP contribution in [0.5, 0.6) is 0 Å². The first-order valence-corrected chi connectivity index (χ1v) is 11.7. The predicted molar refractivity (Wildman–Crippen MR) is 116 cm³/mol. The lowest BCUT2D eigenvalue weighted by Gasteiger charge is -2.26. The number of nitrogens with zero attached hydrogens (tertiary/aromatic N) is 5. The van der Waals surface area contributed by atoms with Crippen LogP contribution in [0, 0.1) is 6.92 Å². The summed E-state index contributed by atoms with van der Waals surface area (Å²) >= 11 is 0. The minimum absolute atomic E-state index is 0.113. The van der Waals surface area contributed by atoms with Gasteiger partial charge in [-0.3, -0.25) is 4.79 Å². The first kappa shape index (κ1) is 22.2. The van der Waals surface area contributed by atoms with Crippen LogP contribution in [0.25, 0.3) is 11.0 Å². The number of aryl methyl sites for hydroxylation is 1. The SMILES string of the molecule is Cc1ccccc1CN(C)C(=O)COn1nnc2ccc(S(=O)(=O)N3CCOCC3)cc21. The summed E-state index contributed by atoms with van der Waals surface area (Å²) in [7, 11) is -1.98. The van der Waals surface area contributed by atoms with Crippen LogP contribution in [0.3, 0.4) is 0 Å². The van der Waals surface area contributed by atoms with Crippen molar-refractivity contribution in [1.82, 2.24) is 24.4 Å². The second-order valence-electron chi connectivity index (χ2n) is 7.58. The van der Waals surface area contributed by atoms with Crippen molar-refractivity contribution in [2.75, 3.05) is 40.0 Å². The molecule has 2 aromatic carbocycles. The summed E-state index contributed by atoms with van der Waals surface area (Å²) in [4.78, 5) is 20.9.